The zero-order chi connectivity index (χ0) is 30.9. The van der Waals surface area contributed by atoms with Gasteiger partial charge in [-0.2, -0.15) is 11.8 Å². The molecule has 2 aromatic rings. The maximum Gasteiger partial charge on any atom is 0.309 e. The molecule has 43 heavy (non-hydrogen) atoms. The largest absolute Gasteiger partial charge is 0.463 e. The molecule has 2 aromatic carbocycles. The molecular weight excluding hydrogens is 560 g/mol. The van der Waals surface area contributed by atoms with E-state index >= 15 is 0 Å². The maximum atomic E-state index is 13.5. The summed E-state index contributed by atoms with van der Waals surface area (Å²) in [6.45, 7) is 7.50. The molecule has 3 rings (SSSR count). The summed E-state index contributed by atoms with van der Waals surface area (Å²) in [5.41, 5.74) is 1.61. The zero-order valence-electron chi connectivity index (χ0n) is 25.0. The molecule has 0 radical (unpaired) electrons. The van der Waals surface area contributed by atoms with E-state index in [0.717, 1.165) is 42.6 Å². The normalized spacial score (nSPS) is 15.9. The fourth-order valence-electron chi connectivity index (χ4n) is 5.44. The smallest absolute Gasteiger partial charge is 0.309 e. The summed E-state index contributed by atoms with van der Waals surface area (Å²) in [6.07, 6.45) is 8.08. The predicted molar refractivity (Wildman–Crippen MR) is 173 cm³/mol. The third kappa shape index (κ3) is 11.7. The van der Waals surface area contributed by atoms with Gasteiger partial charge in [0, 0.05) is 17.9 Å². The first kappa shape index (κ1) is 34.1. The van der Waals surface area contributed by atoms with Gasteiger partial charge >= 0.3 is 5.97 Å². The molecule has 0 aliphatic heterocycles. The van der Waals surface area contributed by atoms with Crippen molar-refractivity contribution in [2.75, 3.05) is 19.0 Å². The number of hydrogen-bond donors (Lipinski definition) is 3. The number of esters is 1. The number of amides is 2. The fourth-order valence-corrected chi connectivity index (χ4v) is 6.45. The second kappa shape index (κ2) is 18.3. The maximum absolute atomic E-state index is 13.5. The average Bonchev–Trinajstić information content (AvgIpc) is 3.49. The summed E-state index contributed by atoms with van der Waals surface area (Å²) < 4.78 is 5.79. The van der Waals surface area contributed by atoms with Crippen LogP contribution >= 0.6 is 11.8 Å². The number of rotatable bonds is 19. The first-order chi connectivity index (χ1) is 20.9. The Labute approximate surface area is 260 Å². The summed E-state index contributed by atoms with van der Waals surface area (Å²) in [4.78, 5) is 39.6. The van der Waals surface area contributed by atoms with Crippen LogP contribution in [-0.2, 0) is 31.3 Å². The molecule has 0 spiro atoms. The van der Waals surface area contributed by atoms with E-state index in [1.54, 1.807) is 23.9 Å². The van der Waals surface area contributed by atoms with Crippen LogP contribution in [0.5, 0.6) is 0 Å². The summed E-state index contributed by atoms with van der Waals surface area (Å²) in [5, 5.41) is 15.9. The molecule has 1 aliphatic carbocycles. The molecule has 0 bridgehead atoms. The number of benzene rings is 2. The minimum atomic E-state index is -0.626. The van der Waals surface area contributed by atoms with Crippen molar-refractivity contribution < 1.29 is 24.2 Å². The van der Waals surface area contributed by atoms with Gasteiger partial charge in [-0.25, -0.2) is 0 Å². The van der Waals surface area contributed by atoms with Crippen molar-refractivity contribution in [1.29, 1.82) is 0 Å². The van der Waals surface area contributed by atoms with E-state index in [1.807, 2.05) is 60.7 Å². The van der Waals surface area contributed by atoms with Gasteiger partial charge in [0.15, 0.2) is 0 Å². The van der Waals surface area contributed by atoms with E-state index in [4.69, 9.17) is 4.74 Å². The Morgan fingerprint density at radius 1 is 0.930 bits per heavy atom. The molecule has 1 aliphatic rings. The van der Waals surface area contributed by atoms with Crippen LogP contribution in [0.2, 0.25) is 0 Å². The molecule has 0 aromatic heterocycles. The highest BCUT2D eigenvalue weighted by atomic mass is 32.2. The highest BCUT2D eigenvalue weighted by molar-refractivity contribution is 7.98. The molecule has 8 heteroatoms. The number of nitrogens with one attached hydrogen (secondary N) is 2. The lowest BCUT2D eigenvalue weighted by molar-refractivity contribution is -0.149. The number of thioether (sulfide) groups is 1. The fraction of sp³-hybridized carbons (Fsp3) is 0.457. The number of aliphatic hydroxyl groups is 1. The Kier molecular flexibility index (Phi) is 14.6. The van der Waals surface area contributed by atoms with E-state index in [1.165, 1.54) is 0 Å². The molecule has 3 N–H and O–H groups in total. The standard InChI is InChI=1S/C35H46N2O5S/c1-3-13-29(22-32(39)37-35(26-38)19-11-12-20-35)33(40)36-31(25-43-24-28-17-9-6-10-18-28)23-42-34(41)30(14-4-2)21-27-15-7-5-8-16-27/h3-10,15-18,29-31,38H,1-2,11-14,19-26H2,(H,36,40)(H,37,39)/t29-,30-,31-/m1/s1. The van der Waals surface area contributed by atoms with E-state index in [2.05, 4.69) is 23.8 Å². The van der Waals surface area contributed by atoms with Crippen molar-refractivity contribution >= 4 is 29.5 Å². The highest BCUT2D eigenvalue weighted by Gasteiger charge is 2.35. The van der Waals surface area contributed by atoms with Gasteiger partial charge in [0.1, 0.15) is 6.61 Å². The molecule has 0 saturated heterocycles. The minimum Gasteiger partial charge on any atom is -0.463 e. The van der Waals surface area contributed by atoms with Crippen LogP contribution < -0.4 is 10.6 Å². The van der Waals surface area contributed by atoms with Crippen molar-refractivity contribution in [2.45, 2.75) is 68.7 Å². The molecule has 3 atom stereocenters. The molecule has 0 unspecified atom stereocenters. The Morgan fingerprint density at radius 2 is 1.53 bits per heavy atom. The SMILES string of the molecule is C=CC[C@H](CC(=O)NC1(CO)CCCC1)C(=O)N[C@H](COC(=O)[C@H](CC=C)Cc1ccccc1)CSCc1ccccc1. The number of hydrogen-bond acceptors (Lipinski definition) is 6. The number of carbonyl (C=O) groups excluding carboxylic acids is 3. The molecular formula is C35H46N2O5S. The van der Waals surface area contributed by atoms with Crippen LogP contribution in [0, 0.1) is 11.8 Å². The number of carbonyl (C=O) groups is 3. The van der Waals surface area contributed by atoms with Crippen LogP contribution in [0.15, 0.2) is 86.0 Å². The zero-order valence-corrected chi connectivity index (χ0v) is 25.9. The van der Waals surface area contributed by atoms with E-state index in [0.29, 0.717) is 25.0 Å². The van der Waals surface area contributed by atoms with Gasteiger partial charge in [-0.3, -0.25) is 14.4 Å². The molecule has 232 valence electrons. The molecule has 7 nitrogen and oxygen atoms in total. The molecule has 1 saturated carbocycles. The summed E-state index contributed by atoms with van der Waals surface area (Å²) in [5.74, 6) is -0.599. The lowest BCUT2D eigenvalue weighted by Crippen LogP contribution is -2.50. The topological polar surface area (TPSA) is 105 Å². The van der Waals surface area contributed by atoms with Gasteiger partial charge in [-0.1, -0.05) is 85.7 Å². The quantitative estimate of drug-likeness (QED) is 0.146. The molecule has 1 fully saturated rings. The van der Waals surface area contributed by atoms with Gasteiger partial charge in [0.25, 0.3) is 0 Å². The Hall–Kier alpha value is -3.36. The first-order valence-corrected chi connectivity index (χ1v) is 16.3. The van der Waals surface area contributed by atoms with Gasteiger partial charge in [-0.05, 0) is 43.2 Å². The van der Waals surface area contributed by atoms with Crippen LogP contribution in [0.25, 0.3) is 0 Å². The summed E-state index contributed by atoms with van der Waals surface area (Å²) in [6, 6.07) is 19.4. The highest BCUT2D eigenvalue weighted by Crippen LogP contribution is 2.29. The van der Waals surface area contributed by atoms with Crippen molar-refractivity contribution in [2.24, 2.45) is 11.8 Å². The van der Waals surface area contributed by atoms with Crippen molar-refractivity contribution in [1.82, 2.24) is 10.6 Å². The second-order valence-electron chi connectivity index (χ2n) is 11.4. The lowest BCUT2D eigenvalue weighted by Gasteiger charge is -2.29. The third-order valence-electron chi connectivity index (χ3n) is 7.83. The number of aliphatic hydroxyl groups excluding tert-OH is 1. The monoisotopic (exact) mass is 606 g/mol. The van der Waals surface area contributed by atoms with Gasteiger partial charge in [-0.15, -0.1) is 13.2 Å². The van der Waals surface area contributed by atoms with Gasteiger partial charge < -0.3 is 20.5 Å². The summed E-state index contributed by atoms with van der Waals surface area (Å²) >= 11 is 1.64. The number of allylic oxidation sites excluding steroid dienone is 2. The lowest BCUT2D eigenvalue weighted by atomic mass is 9.95. The average molecular weight is 607 g/mol. The van der Waals surface area contributed by atoms with Crippen LogP contribution in [0.4, 0.5) is 0 Å². The van der Waals surface area contributed by atoms with Crippen molar-refractivity contribution in [3.05, 3.63) is 97.1 Å². The van der Waals surface area contributed by atoms with Gasteiger partial charge in [0.05, 0.1) is 30.0 Å². The Balaban J connectivity index is 1.64. The van der Waals surface area contributed by atoms with Crippen molar-refractivity contribution in [3.8, 4) is 0 Å². The Bertz CT molecular complexity index is 1170. The van der Waals surface area contributed by atoms with Gasteiger partial charge in [0.2, 0.25) is 11.8 Å². The predicted octanol–water partition coefficient (Wildman–Crippen LogP) is 5.39. The van der Waals surface area contributed by atoms with Crippen LogP contribution in [0.3, 0.4) is 0 Å². The Morgan fingerprint density at radius 3 is 2.14 bits per heavy atom. The second-order valence-corrected chi connectivity index (χ2v) is 12.4. The minimum absolute atomic E-state index is 0.0121. The first-order valence-electron chi connectivity index (χ1n) is 15.1. The molecule has 2 amide bonds. The summed E-state index contributed by atoms with van der Waals surface area (Å²) in [7, 11) is 0. The van der Waals surface area contributed by atoms with E-state index in [-0.39, 0.29) is 43.3 Å². The molecule has 0 heterocycles. The number of ether oxygens (including phenoxy) is 1. The third-order valence-corrected chi connectivity index (χ3v) is 9.01. The van der Waals surface area contributed by atoms with E-state index in [9.17, 15) is 19.5 Å². The van der Waals surface area contributed by atoms with Crippen LogP contribution in [0.1, 0.15) is 56.1 Å². The van der Waals surface area contributed by atoms with E-state index < -0.39 is 17.5 Å². The van der Waals surface area contributed by atoms with Crippen LogP contribution in [-0.4, -0.2) is 53.4 Å². The van der Waals surface area contributed by atoms with Crippen molar-refractivity contribution in [3.63, 3.8) is 0 Å².